The minimum atomic E-state index is -0.413. The highest BCUT2D eigenvalue weighted by molar-refractivity contribution is 6.30. The highest BCUT2D eigenvalue weighted by Gasteiger charge is 2.17. The summed E-state index contributed by atoms with van der Waals surface area (Å²) in [4.78, 5) is 15.4. The molecule has 0 spiro atoms. The van der Waals surface area contributed by atoms with E-state index in [1.807, 2.05) is 24.3 Å². The summed E-state index contributed by atoms with van der Waals surface area (Å²) in [5.41, 5.74) is 2.50. The molecule has 0 bridgehead atoms. The van der Waals surface area contributed by atoms with E-state index in [0.717, 1.165) is 50.7 Å². The zero-order valence-corrected chi connectivity index (χ0v) is 18.5. The summed E-state index contributed by atoms with van der Waals surface area (Å²) in [6, 6.07) is 16.3. The molecular formula is C23H26ClN5O3. The monoisotopic (exact) mass is 455 g/mol. The van der Waals surface area contributed by atoms with Crippen molar-refractivity contribution in [3.8, 4) is 11.3 Å². The van der Waals surface area contributed by atoms with Gasteiger partial charge in [0.25, 0.3) is 5.69 Å². The van der Waals surface area contributed by atoms with Crippen molar-refractivity contribution in [3.63, 3.8) is 0 Å². The Kier molecular flexibility index (Phi) is 7.36. The van der Waals surface area contributed by atoms with E-state index in [1.54, 1.807) is 12.1 Å². The quantitative estimate of drug-likeness (QED) is 0.294. The van der Waals surface area contributed by atoms with E-state index >= 15 is 0 Å². The first kappa shape index (κ1) is 22.3. The minimum Gasteiger partial charge on any atom is -0.369 e. The van der Waals surface area contributed by atoms with Crippen LogP contribution in [0.15, 0.2) is 59.1 Å². The molecule has 0 aliphatic carbocycles. The van der Waals surface area contributed by atoms with Gasteiger partial charge in [0.05, 0.1) is 11.5 Å². The average Bonchev–Trinajstić information content (AvgIpc) is 3.28. The molecular weight excluding hydrogens is 430 g/mol. The number of piperazine rings is 1. The second kappa shape index (κ2) is 10.6. The molecule has 1 fully saturated rings. The van der Waals surface area contributed by atoms with E-state index in [2.05, 4.69) is 26.3 Å². The summed E-state index contributed by atoms with van der Waals surface area (Å²) in [7, 11) is 0. The minimum absolute atomic E-state index is 0.0403. The lowest BCUT2D eigenvalue weighted by Gasteiger charge is -2.36. The van der Waals surface area contributed by atoms with Crippen molar-refractivity contribution in [2.75, 3.05) is 44.2 Å². The van der Waals surface area contributed by atoms with E-state index in [4.69, 9.17) is 16.1 Å². The van der Waals surface area contributed by atoms with Crippen LogP contribution in [-0.2, 0) is 6.54 Å². The second-order valence-corrected chi connectivity index (χ2v) is 8.26. The van der Waals surface area contributed by atoms with Crippen LogP contribution in [-0.4, -0.2) is 54.2 Å². The number of halogens is 1. The van der Waals surface area contributed by atoms with Gasteiger partial charge in [-0.15, -0.1) is 0 Å². The number of hydrogen-bond acceptors (Lipinski definition) is 7. The van der Waals surface area contributed by atoms with Crippen molar-refractivity contribution in [3.05, 3.63) is 75.5 Å². The molecule has 9 heteroatoms. The number of aromatic nitrogens is 1. The van der Waals surface area contributed by atoms with Gasteiger partial charge in [0.2, 0.25) is 0 Å². The third-order valence-electron chi connectivity index (χ3n) is 5.58. The molecule has 0 unspecified atom stereocenters. The topological polar surface area (TPSA) is 87.7 Å². The average molecular weight is 456 g/mol. The molecule has 4 rings (SSSR count). The van der Waals surface area contributed by atoms with Crippen LogP contribution in [0.2, 0.25) is 5.02 Å². The Balaban J connectivity index is 1.15. The maximum atomic E-state index is 10.9. The van der Waals surface area contributed by atoms with E-state index in [-0.39, 0.29) is 5.69 Å². The Morgan fingerprint density at radius 3 is 2.69 bits per heavy atom. The molecule has 2 heterocycles. The summed E-state index contributed by atoms with van der Waals surface area (Å²) in [5.74, 6) is 0.710. The molecule has 8 nitrogen and oxygen atoms in total. The number of nitro benzene ring substituents is 1. The Morgan fingerprint density at radius 2 is 1.91 bits per heavy atom. The van der Waals surface area contributed by atoms with Gasteiger partial charge < -0.3 is 14.7 Å². The SMILES string of the molecule is O=[N+]([O-])c1cccc(-c2cc(CNCCCN3CCN(c4cccc(Cl)c4)CC3)on2)c1. The predicted molar refractivity (Wildman–Crippen MR) is 125 cm³/mol. The van der Waals surface area contributed by atoms with Crippen molar-refractivity contribution in [2.24, 2.45) is 0 Å². The van der Waals surface area contributed by atoms with Crippen LogP contribution in [0.25, 0.3) is 11.3 Å². The number of nitrogens with one attached hydrogen (secondary N) is 1. The van der Waals surface area contributed by atoms with Crippen molar-refractivity contribution in [2.45, 2.75) is 13.0 Å². The smallest absolute Gasteiger partial charge is 0.270 e. The summed E-state index contributed by atoms with van der Waals surface area (Å²) in [6.45, 7) is 6.60. The Hall–Kier alpha value is -2.94. The summed E-state index contributed by atoms with van der Waals surface area (Å²) in [5, 5.41) is 19.1. The zero-order valence-electron chi connectivity index (χ0n) is 17.7. The maximum absolute atomic E-state index is 10.9. The van der Waals surface area contributed by atoms with Gasteiger partial charge >= 0.3 is 0 Å². The van der Waals surface area contributed by atoms with Crippen LogP contribution >= 0.6 is 11.6 Å². The zero-order chi connectivity index (χ0) is 22.3. The lowest BCUT2D eigenvalue weighted by atomic mass is 10.1. The molecule has 168 valence electrons. The van der Waals surface area contributed by atoms with Crippen LogP contribution in [0.4, 0.5) is 11.4 Å². The van der Waals surface area contributed by atoms with Gasteiger partial charge in [-0.2, -0.15) is 0 Å². The molecule has 1 aliphatic heterocycles. The van der Waals surface area contributed by atoms with Gasteiger partial charge in [0.15, 0.2) is 5.76 Å². The molecule has 1 aliphatic rings. The highest BCUT2D eigenvalue weighted by Crippen LogP contribution is 2.24. The van der Waals surface area contributed by atoms with Crippen LogP contribution in [0.5, 0.6) is 0 Å². The fourth-order valence-electron chi connectivity index (χ4n) is 3.85. The standard InChI is InChI=1S/C23H26ClN5O3/c24-19-5-2-6-20(15-19)28-12-10-27(11-13-28)9-3-8-25-17-22-16-23(26-32-22)18-4-1-7-21(14-18)29(30)31/h1-2,4-7,14-16,25H,3,8-13,17H2. The first-order chi connectivity index (χ1) is 15.6. The first-order valence-corrected chi connectivity index (χ1v) is 11.1. The Bertz CT molecular complexity index is 1050. The van der Waals surface area contributed by atoms with E-state index < -0.39 is 4.92 Å². The van der Waals surface area contributed by atoms with Gasteiger partial charge in [-0.05, 0) is 37.7 Å². The maximum Gasteiger partial charge on any atom is 0.270 e. The van der Waals surface area contributed by atoms with Gasteiger partial charge in [0, 0.05) is 60.7 Å². The van der Waals surface area contributed by atoms with Gasteiger partial charge in [-0.25, -0.2) is 0 Å². The molecule has 1 aromatic heterocycles. The van der Waals surface area contributed by atoms with E-state index in [0.29, 0.717) is 23.6 Å². The molecule has 0 saturated carbocycles. The molecule has 0 radical (unpaired) electrons. The van der Waals surface area contributed by atoms with Crippen LogP contribution in [0.1, 0.15) is 12.2 Å². The predicted octanol–water partition coefficient (Wildman–Crippen LogP) is 4.21. The summed E-state index contributed by atoms with van der Waals surface area (Å²) in [6.07, 6.45) is 1.04. The molecule has 3 aromatic rings. The van der Waals surface area contributed by atoms with Gasteiger partial charge in [-0.3, -0.25) is 15.0 Å². The van der Waals surface area contributed by atoms with Crippen molar-refractivity contribution >= 4 is 23.0 Å². The lowest BCUT2D eigenvalue weighted by Crippen LogP contribution is -2.47. The summed E-state index contributed by atoms with van der Waals surface area (Å²) < 4.78 is 5.37. The highest BCUT2D eigenvalue weighted by atomic mass is 35.5. The third-order valence-corrected chi connectivity index (χ3v) is 5.82. The van der Waals surface area contributed by atoms with Crippen LogP contribution < -0.4 is 10.2 Å². The van der Waals surface area contributed by atoms with Gasteiger partial charge in [0.1, 0.15) is 5.69 Å². The fraction of sp³-hybridized carbons (Fsp3) is 0.348. The number of rotatable bonds is 9. The number of non-ortho nitro benzene ring substituents is 1. The normalized spacial score (nSPS) is 14.6. The molecule has 1 N–H and O–H groups in total. The Morgan fingerprint density at radius 1 is 1.09 bits per heavy atom. The summed E-state index contributed by atoms with van der Waals surface area (Å²) >= 11 is 6.11. The number of nitrogens with zero attached hydrogens (tertiary/aromatic N) is 4. The number of hydrogen-bond donors (Lipinski definition) is 1. The first-order valence-electron chi connectivity index (χ1n) is 10.7. The van der Waals surface area contributed by atoms with Crippen molar-refractivity contribution < 1.29 is 9.45 Å². The molecule has 0 amide bonds. The van der Waals surface area contributed by atoms with E-state index in [9.17, 15) is 10.1 Å². The largest absolute Gasteiger partial charge is 0.369 e. The lowest BCUT2D eigenvalue weighted by molar-refractivity contribution is -0.384. The third kappa shape index (κ3) is 5.85. The number of benzene rings is 2. The van der Waals surface area contributed by atoms with Crippen LogP contribution in [0.3, 0.4) is 0 Å². The second-order valence-electron chi connectivity index (χ2n) is 7.82. The molecule has 1 saturated heterocycles. The molecule has 0 atom stereocenters. The number of nitro groups is 1. The fourth-order valence-corrected chi connectivity index (χ4v) is 4.04. The molecule has 32 heavy (non-hydrogen) atoms. The van der Waals surface area contributed by atoms with Crippen molar-refractivity contribution in [1.82, 2.24) is 15.4 Å². The number of anilines is 1. The Labute approximate surface area is 191 Å². The van der Waals surface area contributed by atoms with Gasteiger partial charge in [-0.1, -0.05) is 35.0 Å². The van der Waals surface area contributed by atoms with E-state index in [1.165, 1.54) is 17.8 Å². The molecule has 2 aromatic carbocycles. The van der Waals surface area contributed by atoms with Crippen molar-refractivity contribution in [1.29, 1.82) is 0 Å². The van der Waals surface area contributed by atoms with Crippen LogP contribution in [0, 0.1) is 10.1 Å².